The molecule has 4 atom stereocenters. The summed E-state index contributed by atoms with van der Waals surface area (Å²) in [6, 6.07) is 2.94. The maximum Gasteiger partial charge on any atom is 0.311 e. The average Bonchev–Trinajstić information content (AvgIpc) is 3.24. The van der Waals surface area contributed by atoms with Gasteiger partial charge in [0.05, 0.1) is 24.8 Å². The van der Waals surface area contributed by atoms with Gasteiger partial charge in [-0.1, -0.05) is 31.9 Å². The molecular weight excluding hydrogens is 398 g/mol. The second kappa shape index (κ2) is 9.75. The van der Waals surface area contributed by atoms with Gasteiger partial charge in [0.15, 0.2) is 5.76 Å². The van der Waals surface area contributed by atoms with E-state index in [0.717, 1.165) is 56.9 Å². The summed E-state index contributed by atoms with van der Waals surface area (Å²) in [5.74, 6) is 1.96. The third kappa shape index (κ3) is 4.44. The number of hydrogen-bond acceptors (Lipinski definition) is 3. The Bertz CT molecular complexity index is 807. The summed E-state index contributed by atoms with van der Waals surface area (Å²) < 4.78 is 11.2. The van der Waals surface area contributed by atoms with Crippen LogP contribution in [0.3, 0.4) is 0 Å². The van der Waals surface area contributed by atoms with Crippen molar-refractivity contribution >= 4 is 5.97 Å². The van der Waals surface area contributed by atoms with Crippen molar-refractivity contribution in [3.8, 4) is 0 Å². The minimum absolute atomic E-state index is 0.0185. The number of aryl methyl sites for hydroxylation is 1. The van der Waals surface area contributed by atoms with Gasteiger partial charge in [-0.05, 0) is 100 Å². The summed E-state index contributed by atoms with van der Waals surface area (Å²) in [4.78, 5) is 12.8. The van der Waals surface area contributed by atoms with Crippen LogP contribution < -0.4 is 5.32 Å². The highest BCUT2D eigenvalue weighted by molar-refractivity contribution is 5.77. The number of ether oxygens (including phenoxy) is 1. The first-order valence-corrected chi connectivity index (χ1v) is 13.0. The van der Waals surface area contributed by atoms with Gasteiger partial charge in [-0.25, -0.2) is 0 Å². The van der Waals surface area contributed by atoms with Gasteiger partial charge in [-0.3, -0.25) is 4.79 Å². The zero-order valence-electron chi connectivity index (χ0n) is 20.6. The largest absolute Gasteiger partial charge is 0.469 e. The van der Waals surface area contributed by atoms with Crippen LogP contribution in [0.1, 0.15) is 95.8 Å². The third-order valence-electron chi connectivity index (χ3n) is 9.50. The molecule has 4 rings (SSSR count). The van der Waals surface area contributed by atoms with Crippen LogP contribution in [0.4, 0.5) is 0 Å². The number of allylic oxidation sites excluding steroid dienone is 1. The molecule has 4 heteroatoms. The Hall–Kier alpha value is -1.55. The van der Waals surface area contributed by atoms with E-state index in [-0.39, 0.29) is 16.8 Å². The smallest absolute Gasteiger partial charge is 0.311 e. The SMILES string of the molecule is C=C1CC[C@@H]2[C@](C)(CCC[C@@]2(C)C(=O)OC)[C@H]1CCc1ccoc1C[NH2+]C1CCCCC1. The van der Waals surface area contributed by atoms with Crippen LogP contribution in [0.15, 0.2) is 28.9 Å². The van der Waals surface area contributed by atoms with Gasteiger partial charge in [0.25, 0.3) is 0 Å². The van der Waals surface area contributed by atoms with Crippen molar-refractivity contribution in [2.24, 2.45) is 22.7 Å². The second-order valence-electron chi connectivity index (χ2n) is 11.3. The molecule has 178 valence electrons. The number of fused-ring (bicyclic) bond motifs is 1. The number of rotatable bonds is 7. The molecule has 0 unspecified atom stereocenters. The number of methoxy groups -OCH3 is 1. The molecule has 1 aromatic rings. The molecule has 1 heterocycles. The number of nitrogens with two attached hydrogens (primary N) is 1. The molecule has 1 aromatic heterocycles. The fourth-order valence-electron chi connectivity index (χ4n) is 7.67. The molecule has 3 saturated carbocycles. The Morgan fingerprint density at radius 2 is 1.97 bits per heavy atom. The molecule has 4 nitrogen and oxygen atoms in total. The zero-order valence-corrected chi connectivity index (χ0v) is 20.6. The molecule has 3 aliphatic carbocycles. The van der Waals surface area contributed by atoms with Gasteiger partial charge in [-0.2, -0.15) is 0 Å². The highest BCUT2D eigenvalue weighted by atomic mass is 16.5. The van der Waals surface area contributed by atoms with E-state index < -0.39 is 0 Å². The fraction of sp³-hybridized carbons (Fsp3) is 0.750. The minimum Gasteiger partial charge on any atom is -0.469 e. The first kappa shape index (κ1) is 23.6. The van der Waals surface area contributed by atoms with Gasteiger partial charge >= 0.3 is 5.97 Å². The van der Waals surface area contributed by atoms with Gasteiger partial charge < -0.3 is 14.5 Å². The van der Waals surface area contributed by atoms with Crippen molar-refractivity contribution in [3.05, 3.63) is 35.8 Å². The summed E-state index contributed by atoms with van der Waals surface area (Å²) in [5, 5.41) is 2.50. The molecule has 0 aromatic carbocycles. The van der Waals surface area contributed by atoms with Gasteiger partial charge in [0.1, 0.15) is 6.54 Å². The fourth-order valence-corrected chi connectivity index (χ4v) is 7.67. The molecule has 0 amide bonds. The Morgan fingerprint density at radius 1 is 1.19 bits per heavy atom. The second-order valence-corrected chi connectivity index (χ2v) is 11.3. The van der Waals surface area contributed by atoms with E-state index in [1.54, 1.807) is 7.11 Å². The summed E-state index contributed by atoms with van der Waals surface area (Å²) >= 11 is 0. The Labute approximate surface area is 194 Å². The summed E-state index contributed by atoms with van der Waals surface area (Å²) in [6.45, 7) is 10.1. The molecule has 0 saturated heterocycles. The maximum absolute atomic E-state index is 12.8. The van der Waals surface area contributed by atoms with Gasteiger partial charge in [-0.15, -0.1) is 0 Å². The number of quaternary nitrogens is 1. The Morgan fingerprint density at radius 3 is 2.72 bits per heavy atom. The average molecular weight is 443 g/mol. The van der Waals surface area contributed by atoms with Gasteiger partial charge in [0, 0.05) is 0 Å². The lowest BCUT2D eigenvalue weighted by Gasteiger charge is -2.57. The minimum atomic E-state index is -0.365. The number of hydrogen-bond donors (Lipinski definition) is 1. The number of carbonyl (C=O) groups is 1. The van der Waals surface area contributed by atoms with Crippen LogP contribution in [0.25, 0.3) is 0 Å². The number of furan rings is 1. The Balaban J connectivity index is 1.44. The van der Waals surface area contributed by atoms with Crippen LogP contribution in [0, 0.1) is 22.7 Å². The van der Waals surface area contributed by atoms with Crippen molar-refractivity contribution in [2.75, 3.05) is 7.11 Å². The summed E-state index contributed by atoms with van der Waals surface area (Å²) in [7, 11) is 1.55. The van der Waals surface area contributed by atoms with Crippen LogP contribution in [0.5, 0.6) is 0 Å². The Kier molecular flexibility index (Phi) is 7.19. The lowest BCUT2D eigenvalue weighted by molar-refractivity contribution is -0.708. The van der Waals surface area contributed by atoms with E-state index in [2.05, 4.69) is 31.8 Å². The van der Waals surface area contributed by atoms with Gasteiger partial charge in [0.2, 0.25) is 0 Å². The van der Waals surface area contributed by atoms with Crippen molar-refractivity contribution in [3.63, 3.8) is 0 Å². The standard InChI is InChI=1S/C28H43NO3/c1-20-11-14-25-27(2,16-8-17-28(25,3)26(30)31-4)23(20)13-12-21-15-18-32-24(21)19-29-22-9-6-5-7-10-22/h15,18,22-23,25,29H,1,5-14,16-17,19H2,2-4H3/p+1/t23-,25+,27+,28+/m0/s1. The quantitative estimate of drug-likeness (QED) is 0.444. The summed E-state index contributed by atoms with van der Waals surface area (Å²) in [5.41, 5.74) is 2.50. The van der Waals surface area contributed by atoms with Crippen LogP contribution in [0.2, 0.25) is 0 Å². The first-order valence-electron chi connectivity index (χ1n) is 13.0. The van der Waals surface area contributed by atoms with E-state index >= 15 is 0 Å². The van der Waals surface area contributed by atoms with E-state index in [1.807, 2.05) is 6.26 Å². The lowest BCUT2D eigenvalue weighted by atomic mass is 9.46. The molecule has 3 aliphatic rings. The van der Waals surface area contributed by atoms with Crippen molar-refractivity contribution in [2.45, 2.75) is 103 Å². The lowest BCUT2D eigenvalue weighted by Crippen LogP contribution is -2.88. The molecule has 2 N–H and O–H groups in total. The summed E-state index contributed by atoms with van der Waals surface area (Å²) in [6.07, 6.45) is 16.2. The molecule has 3 fully saturated rings. The van der Waals surface area contributed by atoms with E-state index in [4.69, 9.17) is 9.15 Å². The highest BCUT2D eigenvalue weighted by Gasteiger charge is 2.57. The van der Waals surface area contributed by atoms with E-state index in [0.29, 0.717) is 11.8 Å². The highest BCUT2D eigenvalue weighted by Crippen LogP contribution is 2.62. The first-order chi connectivity index (χ1) is 15.4. The maximum atomic E-state index is 12.8. The van der Waals surface area contributed by atoms with Crippen molar-refractivity contribution in [1.29, 1.82) is 0 Å². The molecule has 32 heavy (non-hydrogen) atoms. The molecule has 0 spiro atoms. The van der Waals surface area contributed by atoms with Crippen LogP contribution in [-0.4, -0.2) is 19.1 Å². The van der Waals surface area contributed by atoms with Crippen molar-refractivity contribution in [1.82, 2.24) is 0 Å². The van der Waals surface area contributed by atoms with E-state index in [1.165, 1.54) is 49.7 Å². The molecule has 0 bridgehead atoms. The number of carbonyl (C=O) groups excluding carboxylic acids is 1. The monoisotopic (exact) mass is 442 g/mol. The predicted molar refractivity (Wildman–Crippen MR) is 127 cm³/mol. The predicted octanol–water partition coefficient (Wildman–Crippen LogP) is 5.56. The topological polar surface area (TPSA) is 56.0 Å². The van der Waals surface area contributed by atoms with Crippen LogP contribution in [-0.2, 0) is 22.5 Å². The molecule has 0 radical (unpaired) electrons. The van der Waals surface area contributed by atoms with Crippen LogP contribution >= 0.6 is 0 Å². The number of esters is 1. The van der Waals surface area contributed by atoms with Crippen molar-refractivity contribution < 1.29 is 19.3 Å². The van der Waals surface area contributed by atoms with E-state index in [9.17, 15) is 4.79 Å². The zero-order chi connectivity index (χ0) is 22.8. The third-order valence-corrected chi connectivity index (χ3v) is 9.50. The molecule has 0 aliphatic heterocycles. The molecular formula is C28H44NO3+. The normalized spacial score (nSPS) is 33.7.